The van der Waals surface area contributed by atoms with E-state index in [1.165, 1.54) is 4.57 Å². The maximum Gasteiger partial charge on any atom is 0.297 e. The van der Waals surface area contributed by atoms with Crippen LogP contribution in [0.5, 0.6) is 0 Å². The largest absolute Gasteiger partial charge is 0.430 e. The van der Waals surface area contributed by atoms with E-state index in [9.17, 15) is 4.79 Å². The molecule has 5 rings (SSSR count). The van der Waals surface area contributed by atoms with Crippen LogP contribution >= 0.6 is 0 Å². The summed E-state index contributed by atoms with van der Waals surface area (Å²) in [5, 5.41) is 0.814. The molecule has 0 unspecified atom stereocenters. The minimum atomic E-state index is -0.323. The van der Waals surface area contributed by atoms with Gasteiger partial charge in [-0.05, 0) is 19.4 Å². The molecule has 0 atom stereocenters. The molecule has 1 aromatic carbocycles. The summed E-state index contributed by atoms with van der Waals surface area (Å²) in [4.78, 5) is 22.2. The molecule has 29 heavy (non-hydrogen) atoms. The van der Waals surface area contributed by atoms with Gasteiger partial charge in [-0.15, -0.1) is 6.58 Å². The van der Waals surface area contributed by atoms with Crippen molar-refractivity contribution in [3.8, 4) is 11.3 Å². The Hall–Kier alpha value is -3.25. The van der Waals surface area contributed by atoms with Gasteiger partial charge in [0.15, 0.2) is 0 Å². The normalized spacial score (nSPS) is 15.5. The van der Waals surface area contributed by atoms with E-state index in [1.807, 2.05) is 30.3 Å². The lowest BCUT2D eigenvalue weighted by atomic mass is 9.88. The molecular weight excluding hydrogens is 366 g/mol. The topological polar surface area (TPSA) is 70.2 Å². The van der Waals surface area contributed by atoms with Crippen LogP contribution in [-0.4, -0.2) is 20.1 Å². The summed E-state index contributed by atoms with van der Waals surface area (Å²) >= 11 is 0. The molecule has 4 aromatic rings. The number of benzene rings is 1. The molecule has 0 spiro atoms. The first-order valence-electron chi connectivity index (χ1n) is 9.62. The standard InChI is InChI=1S/C23H21N3O3/c1-4-10-26-13-24-19-17-15-11-23(2,3)28-12-16(15)18(14-8-6-5-7-9-14)25-21(17)29-20(19)22(26)27/h4-9,13H,1,10-12H2,2-3H3. The molecular formula is C23H21N3O3. The first kappa shape index (κ1) is 17.8. The Balaban J connectivity index is 1.88. The summed E-state index contributed by atoms with van der Waals surface area (Å²) < 4.78 is 13.6. The quantitative estimate of drug-likeness (QED) is 0.492. The predicted molar refractivity (Wildman–Crippen MR) is 112 cm³/mol. The first-order valence-corrected chi connectivity index (χ1v) is 9.62. The zero-order chi connectivity index (χ0) is 20.2. The Kier molecular flexibility index (Phi) is 3.93. The number of ether oxygens (including phenoxy) is 1. The average Bonchev–Trinajstić information content (AvgIpc) is 3.09. The lowest BCUT2D eigenvalue weighted by molar-refractivity contribution is -0.0395. The van der Waals surface area contributed by atoms with E-state index in [0.717, 1.165) is 27.8 Å². The Bertz CT molecular complexity index is 1320. The van der Waals surface area contributed by atoms with Crippen molar-refractivity contribution in [2.24, 2.45) is 0 Å². The molecule has 0 fully saturated rings. The fourth-order valence-electron chi connectivity index (χ4n) is 4.00. The Morgan fingerprint density at radius 2 is 2.03 bits per heavy atom. The van der Waals surface area contributed by atoms with E-state index < -0.39 is 0 Å². The van der Waals surface area contributed by atoms with Gasteiger partial charge in [0, 0.05) is 24.1 Å². The number of aromatic nitrogens is 3. The van der Waals surface area contributed by atoms with Gasteiger partial charge in [-0.25, -0.2) is 9.97 Å². The summed E-state index contributed by atoms with van der Waals surface area (Å²) in [5.74, 6) is 0. The predicted octanol–water partition coefficient (Wildman–Crippen LogP) is 4.24. The van der Waals surface area contributed by atoms with Crippen molar-refractivity contribution in [3.63, 3.8) is 0 Å². The van der Waals surface area contributed by atoms with Gasteiger partial charge in [0.05, 0.1) is 29.6 Å². The van der Waals surface area contributed by atoms with Gasteiger partial charge in [-0.3, -0.25) is 9.36 Å². The van der Waals surface area contributed by atoms with Crippen LogP contribution in [0.25, 0.3) is 33.5 Å². The van der Waals surface area contributed by atoms with Crippen LogP contribution in [-0.2, 0) is 24.3 Å². The Labute approximate surface area is 167 Å². The number of hydrogen-bond acceptors (Lipinski definition) is 5. The minimum Gasteiger partial charge on any atom is -0.430 e. The zero-order valence-corrected chi connectivity index (χ0v) is 16.4. The summed E-state index contributed by atoms with van der Waals surface area (Å²) in [6, 6.07) is 9.98. The van der Waals surface area contributed by atoms with Crippen LogP contribution in [0.4, 0.5) is 0 Å². The summed E-state index contributed by atoms with van der Waals surface area (Å²) in [6.07, 6.45) is 3.89. The van der Waals surface area contributed by atoms with Gasteiger partial charge in [0.1, 0.15) is 5.52 Å². The van der Waals surface area contributed by atoms with Gasteiger partial charge in [-0.2, -0.15) is 0 Å². The monoisotopic (exact) mass is 387 g/mol. The summed E-state index contributed by atoms with van der Waals surface area (Å²) in [7, 11) is 0. The Morgan fingerprint density at radius 1 is 1.24 bits per heavy atom. The first-order chi connectivity index (χ1) is 14.0. The highest BCUT2D eigenvalue weighted by Crippen LogP contribution is 2.40. The van der Waals surface area contributed by atoms with Crippen molar-refractivity contribution in [2.75, 3.05) is 0 Å². The number of furan rings is 1. The third-order valence-electron chi connectivity index (χ3n) is 5.39. The Morgan fingerprint density at radius 3 is 2.79 bits per heavy atom. The average molecular weight is 387 g/mol. The van der Waals surface area contributed by atoms with Crippen molar-refractivity contribution in [3.05, 3.63) is 70.8 Å². The zero-order valence-electron chi connectivity index (χ0n) is 16.4. The molecule has 0 aliphatic carbocycles. The molecule has 1 aliphatic heterocycles. The van der Waals surface area contributed by atoms with Crippen LogP contribution in [0.3, 0.4) is 0 Å². The third-order valence-corrected chi connectivity index (χ3v) is 5.39. The molecule has 0 N–H and O–H groups in total. The van der Waals surface area contributed by atoms with E-state index in [4.69, 9.17) is 14.1 Å². The molecule has 6 heteroatoms. The minimum absolute atomic E-state index is 0.228. The molecule has 0 bridgehead atoms. The summed E-state index contributed by atoms with van der Waals surface area (Å²) in [5.41, 5.74) is 4.63. The lowest BCUT2D eigenvalue weighted by Crippen LogP contribution is -2.32. The number of rotatable bonds is 3. The molecule has 6 nitrogen and oxygen atoms in total. The van der Waals surface area contributed by atoms with E-state index >= 15 is 0 Å². The van der Waals surface area contributed by atoms with Crippen molar-refractivity contribution < 1.29 is 9.15 Å². The number of allylic oxidation sites excluding steroid dienone is 1. The summed E-state index contributed by atoms with van der Waals surface area (Å²) in [6.45, 7) is 8.66. The van der Waals surface area contributed by atoms with Gasteiger partial charge in [0.25, 0.3) is 5.56 Å². The van der Waals surface area contributed by atoms with Crippen LogP contribution < -0.4 is 5.56 Å². The number of hydrogen-bond donors (Lipinski definition) is 0. The van der Waals surface area contributed by atoms with E-state index in [1.54, 1.807) is 12.4 Å². The maximum atomic E-state index is 12.9. The second-order valence-electron chi connectivity index (χ2n) is 7.96. The van der Waals surface area contributed by atoms with Crippen LogP contribution in [0.1, 0.15) is 25.0 Å². The lowest BCUT2D eigenvalue weighted by Gasteiger charge is -2.33. The number of pyridine rings is 1. The van der Waals surface area contributed by atoms with E-state index in [0.29, 0.717) is 30.8 Å². The van der Waals surface area contributed by atoms with E-state index in [-0.39, 0.29) is 16.7 Å². The van der Waals surface area contributed by atoms with Crippen molar-refractivity contribution >= 4 is 22.2 Å². The molecule has 0 radical (unpaired) electrons. The fraction of sp³-hybridized carbons (Fsp3) is 0.261. The van der Waals surface area contributed by atoms with Crippen molar-refractivity contribution in [1.82, 2.24) is 14.5 Å². The van der Waals surface area contributed by atoms with Crippen molar-refractivity contribution in [2.45, 2.75) is 39.0 Å². The highest BCUT2D eigenvalue weighted by atomic mass is 16.5. The van der Waals surface area contributed by atoms with Gasteiger partial charge in [0.2, 0.25) is 11.3 Å². The SMILES string of the molecule is C=CCn1cnc2c(oc3nc(-c4ccccc4)c4c(c32)CC(C)(C)OC4)c1=O. The maximum absolute atomic E-state index is 12.9. The van der Waals surface area contributed by atoms with Crippen LogP contribution in [0, 0.1) is 0 Å². The third kappa shape index (κ3) is 2.79. The van der Waals surface area contributed by atoms with Crippen molar-refractivity contribution in [1.29, 1.82) is 0 Å². The number of nitrogens with zero attached hydrogens (tertiary/aromatic N) is 3. The van der Waals surface area contributed by atoms with Crippen LogP contribution in [0.15, 0.2) is 58.5 Å². The molecule has 1 aliphatic rings. The molecule has 4 heterocycles. The molecule has 0 saturated carbocycles. The second kappa shape index (κ2) is 6.39. The second-order valence-corrected chi connectivity index (χ2v) is 7.96. The van der Waals surface area contributed by atoms with Gasteiger partial charge < -0.3 is 9.15 Å². The molecule has 146 valence electrons. The van der Waals surface area contributed by atoms with Crippen LogP contribution in [0.2, 0.25) is 0 Å². The van der Waals surface area contributed by atoms with E-state index in [2.05, 4.69) is 25.4 Å². The molecule has 0 saturated heterocycles. The fourth-order valence-corrected chi connectivity index (χ4v) is 4.00. The number of fused-ring (bicyclic) bond motifs is 5. The molecule has 3 aromatic heterocycles. The van der Waals surface area contributed by atoms with Gasteiger partial charge >= 0.3 is 0 Å². The highest BCUT2D eigenvalue weighted by Gasteiger charge is 2.32. The molecule has 0 amide bonds. The van der Waals surface area contributed by atoms with Gasteiger partial charge in [-0.1, -0.05) is 36.4 Å². The highest BCUT2D eigenvalue weighted by molar-refractivity contribution is 6.04. The smallest absolute Gasteiger partial charge is 0.297 e.